The first-order valence-electron chi connectivity index (χ1n) is 10.7. The van der Waals surface area contributed by atoms with Gasteiger partial charge in [0.05, 0.1) is 41.6 Å². The number of anilines is 1. The molecule has 1 aliphatic rings. The summed E-state index contributed by atoms with van der Waals surface area (Å²) in [7, 11) is -4.15. The van der Waals surface area contributed by atoms with Gasteiger partial charge in [0.25, 0.3) is 0 Å². The highest BCUT2D eigenvalue weighted by Gasteiger charge is 2.27. The van der Waals surface area contributed by atoms with Gasteiger partial charge in [-0.05, 0) is 43.3 Å². The number of carbonyl (C=O) groups is 3. The van der Waals surface area contributed by atoms with Crippen LogP contribution >= 0.6 is 0 Å². The maximum atomic E-state index is 12.5. The van der Waals surface area contributed by atoms with Crippen LogP contribution in [0.1, 0.15) is 11.1 Å². The minimum Gasteiger partial charge on any atom is -0.548 e. The predicted octanol–water partition coefficient (Wildman–Crippen LogP) is -1.27. The van der Waals surface area contributed by atoms with Crippen molar-refractivity contribution in [3.05, 3.63) is 59.7 Å². The molecule has 12 heteroatoms. The van der Waals surface area contributed by atoms with Gasteiger partial charge in [-0.25, -0.2) is 13.1 Å². The minimum atomic E-state index is -4.15. The van der Waals surface area contributed by atoms with Crippen molar-refractivity contribution in [2.75, 3.05) is 37.6 Å². The summed E-state index contributed by atoms with van der Waals surface area (Å²) >= 11 is 0. The van der Waals surface area contributed by atoms with Crippen LogP contribution in [-0.4, -0.2) is 69.9 Å². The van der Waals surface area contributed by atoms with E-state index < -0.39 is 34.5 Å². The number of nitrogens with one attached hydrogen (secondary N) is 2. The number of amides is 2. The first-order valence-corrected chi connectivity index (χ1v) is 12.2. The Labute approximate surface area is 203 Å². The molecule has 3 rings (SSSR count). The van der Waals surface area contributed by atoms with Gasteiger partial charge in [0.1, 0.15) is 0 Å². The Morgan fingerprint density at radius 1 is 1.11 bits per heavy atom. The molecule has 1 atom stereocenters. The summed E-state index contributed by atoms with van der Waals surface area (Å²) in [4.78, 5) is 39.3. The van der Waals surface area contributed by atoms with Gasteiger partial charge in [0.2, 0.25) is 21.8 Å². The number of carbonyl (C=O) groups excluding carboxylic acids is 3. The van der Waals surface area contributed by atoms with Crippen molar-refractivity contribution in [2.45, 2.75) is 17.9 Å². The van der Waals surface area contributed by atoms with Gasteiger partial charge in [0, 0.05) is 25.3 Å². The van der Waals surface area contributed by atoms with Crippen molar-refractivity contribution in [1.29, 1.82) is 5.26 Å². The summed E-state index contributed by atoms with van der Waals surface area (Å²) < 4.78 is 26.9. The molecule has 2 N–H and O–H groups in total. The van der Waals surface area contributed by atoms with Crippen LogP contribution < -0.4 is 20.0 Å². The molecule has 1 aliphatic heterocycles. The normalized spacial score (nSPS) is 14.8. The maximum absolute atomic E-state index is 12.5. The van der Waals surface area contributed by atoms with Crippen LogP contribution in [0.5, 0.6) is 0 Å². The summed E-state index contributed by atoms with van der Waals surface area (Å²) in [6, 6.07) is 12.9. The number of sulfonamides is 1. The van der Waals surface area contributed by atoms with Gasteiger partial charge >= 0.3 is 0 Å². The third-order valence-corrected chi connectivity index (χ3v) is 6.92. The topological polar surface area (TPSA) is 163 Å². The minimum absolute atomic E-state index is 0.0389. The fraction of sp³-hybridized carbons (Fsp3) is 0.304. The molecule has 1 unspecified atom stereocenters. The molecular weight excluding hydrogens is 474 g/mol. The number of rotatable bonds is 9. The molecule has 2 amide bonds. The Morgan fingerprint density at radius 2 is 1.77 bits per heavy atom. The molecule has 1 fully saturated rings. The lowest BCUT2D eigenvalue weighted by atomic mass is 10.2. The van der Waals surface area contributed by atoms with Gasteiger partial charge in [-0.2, -0.15) is 5.26 Å². The van der Waals surface area contributed by atoms with Crippen LogP contribution in [0.15, 0.2) is 53.4 Å². The summed E-state index contributed by atoms with van der Waals surface area (Å²) in [5.41, 5.74) is 2.12. The molecule has 1 heterocycles. The van der Waals surface area contributed by atoms with Crippen LogP contribution in [-0.2, 0) is 24.4 Å². The number of aryl methyl sites for hydroxylation is 1. The van der Waals surface area contributed by atoms with Crippen molar-refractivity contribution in [2.24, 2.45) is 0 Å². The fourth-order valence-corrected chi connectivity index (χ4v) is 4.62. The van der Waals surface area contributed by atoms with Crippen molar-refractivity contribution in [3.63, 3.8) is 0 Å². The van der Waals surface area contributed by atoms with Crippen LogP contribution in [0, 0.1) is 18.3 Å². The Kier molecular flexibility index (Phi) is 8.06. The second kappa shape index (κ2) is 11.0. The highest BCUT2D eigenvalue weighted by molar-refractivity contribution is 7.89. The second-order valence-corrected chi connectivity index (χ2v) is 9.72. The predicted molar refractivity (Wildman–Crippen MR) is 123 cm³/mol. The average Bonchev–Trinajstić information content (AvgIpc) is 2.83. The van der Waals surface area contributed by atoms with Gasteiger partial charge in [-0.15, -0.1) is 0 Å². The van der Waals surface area contributed by atoms with E-state index in [0.29, 0.717) is 12.1 Å². The molecule has 11 nitrogen and oxygen atoms in total. The summed E-state index contributed by atoms with van der Waals surface area (Å²) in [6.45, 7) is 1.69. The van der Waals surface area contributed by atoms with E-state index in [1.807, 2.05) is 15.7 Å². The van der Waals surface area contributed by atoms with Crippen LogP contribution in [0.4, 0.5) is 5.69 Å². The van der Waals surface area contributed by atoms with E-state index >= 15 is 0 Å². The standard InChI is InChI=1S/C23H25N5O6S/c1-16-2-8-19(9-3-16)35(33,34)26-20(23(31)32)13-25-21(29)14-28-11-10-27(15-22(28)30)18-6-4-17(12-24)5-7-18/h2-9,20,26H,10-11,13-15H2,1H3,(H,25,29)(H,31,32)/p-1. The van der Waals surface area contributed by atoms with Gasteiger partial charge < -0.3 is 25.0 Å². The molecule has 0 aliphatic carbocycles. The number of hydrogen-bond acceptors (Lipinski definition) is 8. The van der Waals surface area contributed by atoms with Gasteiger partial charge in [-0.1, -0.05) is 17.7 Å². The lowest BCUT2D eigenvalue weighted by Gasteiger charge is -2.35. The summed E-state index contributed by atoms with van der Waals surface area (Å²) in [5.74, 6) is -2.63. The Bertz CT molecular complexity index is 1240. The molecule has 2 aromatic rings. The van der Waals surface area contributed by atoms with Crippen molar-refractivity contribution in [1.82, 2.24) is 14.9 Å². The van der Waals surface area contributed by atoms with Crippen LogP contribution in [0.3, 0.4) is 0 Å². The summed E-state index contributed by atoms with van der Waals surface area (Å²) in [6.07, 6.45) is 0. The van der Waals surface area contributed by atoms with Gasteiger partial charge in [0.15, 0.2) is 0 Å². The summed E-state index contributed by atoms with van der Waals surface area (Å²) in [5, 5.41) is 22.7. The fourth-order valence-electron chi connectivity index (χ4n) is 3.43. The van der Waals surface area contributed by atoms with E-state index in [-0.39, 0.29) is 30.4 Å². The number of carboxylic acids is 1. The number of benzene rings is 2. The molecule has 35 heavy (non-hydrogen) atoms. The van der Waals surface area contributed by atoms with Crippen molar-refractivity contribution < 1.29 is 27.9 Å². The first kappa shape index (κ1) is 25.7. The van der Waals surface area contributed by atoms with Crippen LogP contribution in [0.25, 0.3) is 0 Å². The number of nitriles is 1. The second-order valence-electron chi connectivity index (χ2n) is 8.01. The third-order valence-electron chi connectivity index (χ3n) is 5.43. The van der Waals surface area contributed by atoms with Gasteiger partial charge in [-0.3, -0.25) is 9.59 Å². The van der Waals surface area contributed by atoms with E-state index in [9.17, 15) is 27.9 Å². The maximum Gasteiger partial charge on any atom is 0.242 e. The monoisotopic (exact) mass is 498 g/mol. The molecule has 0 aromatic heterocycles. The Morgan fingerprint density at radius 3 is 2.34 bits per heavy atom. The lowest BCUT2D eigenvalue weighted by Crippen LogP contribution is -2.56. The molecule has 0 saturated carbocycles. The van der Waals surface area contributed by atoms with E-state index in [2.05, 4.69) is 5.32 Å². The van der Waals surface area contributed by atoms with Crippen molar-refractivity contribution >= 4 is 33.5 Å². The largest absolute Gasteiger partial charge is 0.548 e. The zero-order valence-electron chi connectivity index (χ0n) is 18.9. The zero-order valence-corrected chi connectivity index (χ0v) is 19.7. The Hall–Kier alpha value is -3.95. The van der Waals surface area contributed by atoms with E-state index in [4.69, 9.17) is 5.26 Å². The average molecular weight is 499 g/mol. The third kappa shape index (κ3) is 6.78. The molecule has 0 radical (unpaired) electrons. The molecule has 2 aromatic carbocycles. The van der Waals surface area contributed by atoms with E-state index in [1.54, 1.807) is 43.3 Å². The SMILES string of the molecule is Cc1ccc(S(=O)(=O)NC(CNC(=O)CN2CCN(c3ccc(C#N)cc3)CC2=O)C(=O)[O-])cc1. The lowest BCUT2D eigenvalue weighted by molar-refractivity contribution is -0.307. The quantitative estimate of drug-likeness (QED) is 0.432. The van der Waals surface area contributed by atoms with Crippen LogP contribution in [0.2, 0.25) is 0 Å². The molecular formula is C23H24N5O6S-. The molecule has 1 saturated heterocycles. The number of hydrogen-bond donors (Lipinski definition) is 2. The van der Waals surface area contributed by atoms with E-state index in [0.717, 1.165) is 11.3 Å². The molecule has 184 valence electrons. The van der Waals surface area contributed by atoms with Crippen molar-refractivity contribution in [3.8, 4) is 6.07 Å². The first-order chi connectivity index (χ1) is 16.6. The molecule has 0 spiro atoms. The Balaban J connectivity index is 1.52. The highest BCUT2D eigenvalue weighted by atomic mass is 32.2. The van der Waals surface area contributed by atoms with E-state index in [1.165, 1.54) is 17.0 Å². The molecule has 0 bridgehead atoms. The smallest absolute Gasteiger partial charge is 0.242 e. The zero-order chi connectivity index (χ0) is 25.6. The highest BCUT2D eigenvalue weighted by Crippen LogP contribution is 2.17. The number of piperazine rings is 1. The number of carboxylic acid groups (broad SMARTS) is 1. The number of aliphatic carboxylic acids is 1. The number of nitrogens with zero attached hydrogens (tertiary/aromatic N) is 3.